The molecule has 0 bridgehead atoms. The molecular formula is C20H15ClFNO4. The van der Waals surface area contributed by atoms with Crippen molar-refractivity contribution < 1.29 is 23.5 Å². The largest absolute Gasteiger partial charge is 0.482 e. The Morgan fingerprint density at radius 3 is 2.52 bits per heavy atom. The van der Waals surface area contributed by atoms with E-state index in [-0.39, 0.29) is 17.3 Å². The van der Waals surface area contributed by atoms with Crippen LogP contribution >= 0.6 is 11.6 Å². The summed E-state index contributed by atoms with van der Waals surface area (Å²) in [6.07, 6.45) is 0. The maximum Gasteiger partial charge on any atom is 0.344 e. The first-order valence-electron chi connectivity index (χ1n) is 8.03. The van der Waals surface area contributed by atoms with E-state index in [1.165, 1.54) is 12.1 Å². The molecule has 138 valence electrons. The molecule has 27 heavy (non-hydrogen) atoms. The second-order valence-corrected chi connectivity index (χ2v) is 6.07. The van der Waals surface area contributed by atoms with E-state index in [4.69, 9.17) is 21.1 Å². The van der Waals surface area contributed by atoms with Gasteiger partial charge < -0.3 is 14.8 Å². The van der Waals surface area contributed by atoms with Crippen LogP contribution in [0.4, 0.5) is 10.1 Å². The van der Waals surface area contributed by atoms with Crippen molar-refractivity contribution in [3.8, 4) is 5.75 Å². The number of benzene rings is 3. The van der Waals surface area contributed by atoms with Gasteiger partial charge in [-0.1, -0.05) is 41.9 Å². The van der Waals surface area contributed by atoms with Crippen LogP contribution in [0, 0.1) is 5.82 Å². The molecule has 0 spiro atoms. The molecule has 3 aromatic carbocycles. The fraction of sp³-hybridized carbons (Fsp3) is 0.100. The highest BCUT2D eigenvalue weighted by Gasteiger charge is 2.11. The summed E-state index contributed by atoms with van der Waals surface area (Å²) >= 11 is 5.64. The molecule has 0 atom stereocenters. The van der Waals surface area contributed by atoms with E-state index in [0.29, 0.717) is 5.75 Å². The number of anilines is 1. The van der Waals surface area contributed by atoms with E-state index < -0.39 is 24.3 Å². The fourth-order valence-electron chi connectivity index (χ4n) is 2.36. The maximum atomic E-state index is 13.6. The van der Waals surface area contributed by atoms with Crippen molar-refractivity contribution >= 4 is 39.9 Å². The van der Waals surface area contributed by atoms with Crippen LogP contribution in [0.25, 0.3) is 10.8 Å². The van der Waals surface area contributed by atoms with Crippen molar-refractivity contribution in [1.82, 2.24) is 0 Å². The van der Waals surface area contributed by atoms with Gasteiger partial charge in [0, 0.05) is 5.02 Å². The summed E-state index contributed by atoms with van der Waals surface area (Å²) in [6.45, 7) is -0.900. The molecule has 7 heteroatoms. The van der Waals surface area contributed by atoms with Crippen molar-refractivity contribution in [2.24, 2.45) is 0 Å². The minimum Gasteiger partial charge on any atom is -0.482 e. The molecule has 0 saturated carbocycles. The Hall–Kier alpha value is -3.12. The number of rotatable bonds is 6. The van der Waals surface area contributed by atoms with E-state index in [1.54, 1.807) is 12.1 Å². The van der Waals surface area contributed by atoms with Crippen LogP contribution in [0.1, 0.15) is 0 Å². The SMILES string of the molecule is O=C(COC(=O)COc1ccc2ccccc2c1)Nc1ccc(Cl)cc1F. The normalized spacial score (nSPS) is 10.4. The predicted molar refractivity (Wildman–Crippen MR) is 100 cm³/mol. The summed E-state index contributed by atoms with van der Waals surface area (Å²) < 4.78 is 23.8. The van der Waals surface area contributed by atoms with Crippen LogP contribution in [0.15, 0.2) is 60.7 Å². The first kappa shape index (κ1) is 18.7. The van der Waals surface area contributed by atoms with Crippen molar-refractivity contribution in [2.45, 2.75) is 0 Å². The van der Waals surface area contributed by atoms with E-state index in [0.717, 1.165) is 16.8 Å². The Kier molecular flexibility index (Phi) is 5.88. The summed E-state index contributed by atoms with van der Waals surface area (Å²) in [5, 5.41) is 4.54. The molecule has 0 saturated heterocycles. The second kappa shape index (κ2) is 8.51. The van der Waals surface area contributed by atoms with Gasteiger partial charge in [-0.3, -0.25) is 4.79 Å². The van der Waals surface area contributed by atoms with Gasteiger partial charge in [-0.2, -0.15) is 0 Å². The molecule has 0 aliphatic rings. The summed E-state index contributed by atoms with van der Waals surface area (Å²) in [5.74, 6) is -1.55. The number of hydrogen-bond acceptors (Lipinski definition) is 4. The predicted octanol–water partition coefficient (Wildman–Crippen LogP) is 4.19. The third-order valence-electron chi connectivity index (χ3n) is 3.65. The number of fused-ring (bicyclic) bond motifs is 1. The zero-order chi connectivity index (χ0) is 19.2. The maximum absolute atomic E-state index is 13.6. The lowest BCUT2D eigenvalue weighted by Gasteiger charge is -2.09. The van der Waals surface area contributed by atoms with Gasteiger partial charge in [0.1, 0.15) is 11.6 Å². The Morgan fingerprint density at radius 2 is 1.74 bits per heavy atom. The summed E-state index contributed by atoms with van der Waals surface area (Å²) in [7, 11) is 0. The highest BCUT2D eigenvalue weighted by Crippen LogP contribution is 2.21. The molecule has 1 amide bonds. The van der Waals surface area contributed by atoms with Gasteiger partial charge >= 0.3 is 5.97 Å². The molecule has 0 aromatic heterocycles. The Morgan fingerprint density at radius 1 is 0.963 bits per heavy atom. The molecule has 0 radical (unpaired) electrons. The molecule has 0 heterocycles. The second-order valence-electron chi connectivity index (χ2n) is 5.63. The summed E-state index contributed by atoms with van der Waals surface area (Å²) in [4.78, 5) is 23.5. The van der Waals surface area contributed by atoms with Crippen molar-refractivity contribution in [2.75, 3.05) is 18.5 Å². The minimum absolute atomic E-state index is 0.0483. The first-order valence-corrected chi connectivity index (χ1v) is 8.41. The number of carbonyl (C=O) groups excluding carboxylic acids is 2. The number of halogens is 2. The number of amides is 1. The van der Waals surface area contributed by atoms with Crippen LogP contribution in [0.5, 0.6) is 5.75 Å². The topological polar surface area (TPSA) is 64.6 Å². The number of hydrogen-bond donors (Lipinski definition) is 1. The zero-order valence-corrected chi connectivity index (χ0v) is 14.8. The Balaban J connectivity index is 1.46. The first-order chi connectivity index (χ1) is 13.0. The van der Waals surface area contributed by atoms with Crippen LogP contribution in [-0.4, -0.2) is 25.1 Å². The van der Waals surface area contributed by atoms with Gasteiger partial charge in [0.05, 0.1) is 5.69 Å². The lowest BCUT2D eigenvalue weighted by molar-refractivity contribution is -0.149. The van der Waals surface area contributed by atoms with Crippen molar-refractivity contribution in [3.63, 3.8) is 0 Å². The van der Waals surface area contributed by atoms with Gasteiger partial charge in [-0.25, -0.2) is 9.18 Å². The quantitative estimate of drug-likeness (QED) is 0.644. The fourth-order valence-corrected chi connectivity index (χ4v) is 2.52. The zero-order valence-electron chi connectivity index (χ0n) is 14.1. The Bertz CT molecular complexity index is 993. The smallest absolute Gasteiger partial charge is 0.344 e. The standard InChI is InChI=1S/C20H15ClFNO4/c21-15-6-8-18(17(22)10-15)23-19(24)11-27-20(25)12-26-16-7-5-13-3-1-2-4-14(13)9-16/h1-10H,11-12H2,(H,23,24). The number of carbonyl (C=O) groups is 2. The molecule has 1 N–H and O–H groups in total. The molecule has 3 aromatic rings. The lowest BCUT2D eigenvalue weighted by Crippen LogP contribution is -2.24. The molecule has 0 aliphatic heterocycles. The third-order valence-corrected chi connectivity index (χ3v) is 3.88. The number of ether oxygens (including phenoxy) is 2. The minimum atomic E-state index is -0.713. The highest BCUT2D eigenvalue weighted by atomic mass is 35.5. The van der Waals surface area contributed by atoms with Gasteiger partial charge in [-0.15, -0.1) is 0 Å². The van der Waals surface area contributed by atoms with Gasteiger partial charge in [0.15, 0.2) is 13.2 Å². The van der Waals surface area contributed by atoms with E-state index in [1.807, 2.05) is 30.3 Å². The average molecular weight is 388 g/mol. The average Bonchev–Trinajstić information content (AvgIpc) is 2.67. The van der Waals surface area contributed by atoms with Crippen LogP contribution < -0.4 is 10.1 Å². The summed E-state index contributed by atoms with van der Waals surface area (Å²) in [5.41, 5.74) is -0.0483. The molecule has 0 aliphatic carbocycles. The number of esters is 1. The van der Waals surface area contributed by atoms with Crippen LogP contribution in [0.2, 0.25) is 5.02 Å². The molecule has 3 rings (SSSR count). The van der Waals surface area contributed by atoms with Crippen molar-refractivity contribution in [3.05, 3.63) is 71.5 Å². The molecular weight excluding hydrogens is 373 g/mol. The molecule has 0 unspecified atom stereocenters. The molecule has 0 fully saturated rings. The Labute approximate surface area is 159 Å². The van der Waals surface area contributed by atoms with Gasteiger partial charge in [0.25, 0.3) is 5.91 Å². The van der Waals surface area contributed by atoms with Gasteiger partial charge in [-0.05, 0) is 41.1 Å². The van der Waals surface area contributed by atoms with E-state index >= 15 is 0 Å². The lowest BCUT2D eigenvalue weighted by atomic mass is 10.1. The van der Waals surface area contributed by atoms with E-state index in [2.05, 4.69) is 5.32 Å². The summed E-state index contributed by atoms with van der Waals surface area (Å²) in [6, 6.07) is 17.0. The monoisotopic (exact) mass is 387 g/mol. The van der Waals surface area contributed by atoms with E-state index in [9.17, 15) is 14.0 Å². The highest BCUT2D eigenvalue weighted by molar-refractivity contribution is 6.30. The third kappa shape index (κ3) is 5.18. The van der Waals surface area contributed by atoms with Crippen LogP contribution in [-0.2, 0) is 14.3 Å². The molecule has 5 nitrogen and oxygen atoms in total. The van der Waals surface area contributed by atoms with Crippen LogP contribution in [0.3, 0.4) is 0 Å². The van der Waals surface area contributed by atoms with Crippen molar-refractivity contribution in [1.29, 1.82) is 0 Å². The number of nitrogens with one attached hydrogen (secondary N) is 1. The van der Waals surface area contributed by atoms with Gasteiger partial charge in [0.2, 0.25) is 0 Å².